The molecule has 4 fully saturated rings. The number of carbonyl (C=O) groups excluding carboxylic acids is 3. The quantitative estimate of drug-likeness (QED) is 0.307. The number of anilines is 1. The van der Waals surface area contributed by atoms with E-state index in [1.54, 1.807) is 23.1 Å². The smallest absolute Gasteiger partial charge is 0.246 e. The van der Waals surface area contributed by atoms with Gasteiger partial charge >= 0.3 is 0 Å². The predicted octanol–water partition coefficient (Wildman–Crippen LogP) is 5.88. The van der Waals surface area contributed by atoms with Gasteiger partial charge in [-0.25, -0.2) is 0 Å². The minimum atomic E-state index is -1.18. The number of piperidine rings is 1. The van der Waals surface area contributed by atoms with Crippen LogP contribution in [0.1, 0.15) is 56.9 Å². The lowest BCUT2D eigenvalue weighted by Crippen LogP contribution is -2.56. The summed E-state index contributed by atoms with van der Waals surface area (Å²) in [5.41, 5.74) is 0.675. The number of rotatable bonds is 10. The summed E-state index contributed by atoms with van der Waals surface area (Å²) in [5.74, 6) is -1.59. The van der Waals surface area contributed by atoms with Crippen LogP contribution < -0.4 is 10.6 Å². The van der Waals surface area contributed by atoms with Crippen LogP contribution in [0.2, 0.25) is 10.0 Å². The van der Waals surface area contributed by atoms with Gasteiger partial charge in [0.05, 0.1) is 17.9 Å². The van der Waals surface area contributed by atoms with E-state index in [0.717, 1.165) is 71.0 Å². The maximum Gasteiger partial charge on any atom is 0.246 e. The number of nitrogens with zero attached hydrogens (tertiary/aromatic N) is 2. The highest BCUT2D eigenvalue weighted by molar-refractivity contribution is 6.35. The first kappa shape index (κ1) is 32.6. The first-order valence-corrected chi connectivity index (χ1v) is 18.1. The zero-order valence-electron chi connectivity index (χ0n) is 26.7. The fraction of sp³-hybridized carbons (Fsp3) is 0.541. The molecule has 3 saturated heterocycles. The lowest BCUT2D eigenvalue weighted by atomic mass is 9.74. The number of benzene rings is 2. The van der Waals surface area contributed by atoms with Crippen LogP contribution in [0.3, 0.4) is 0 Å². The van der Waals surface area contributed by atoms with Gasteiger partial charge in [0.2, 0.25) is 17.7 Å². The van der Waals surface area contributed by atoms with Crippen molar-refractivity contribution in [1.29, 1.82) is 0 Å². The van der Waals surface area contributed by atoms with Crippen LogP contribution in [-0.2, 0) is 25.5 Å². The number of halogens is 2. The highest BCUT2D eigenvalue weighted by Crippen LogP contribution is 2.55. The van der Waals surface area contributed by atoms with Crippen molar-refractivity contribution >= 4 is 46.6 Å². The van der Waals surface area contributed by atoms with Crippen LogP contribution in [0.15, 0.2) is 60.7 Å². The summed E-state index contributed by atoms with van der Waals surface area (Å²) in [6.45, 7) is 3.36. The van der Waals surface area contributed by atoms with E-state index in [-0.39, 0.29) is 23.8 Å². The second-order valence-corrected chi connectivity index (χ2v) is 14.9. The van der Waals surface area contributed by atoms with Crippen molar-refractivity contribution in [2.45, 2.75) is 81.6 Å². The van der Waals surface area contributed by atoms with E-state index in [0.29, 0.717) is 28.2 Å². The number of ether oxygens (including phenoxy) is 1. The Kier molecular flexibility index (Phi) is 9.65. The average Bonchev–Trinajstić information content (AvgIpc) is 3.70. The largest absolute Gasteiger partial charge is 0.359 e. The van der Waals surface area contributed by atoms with E-state index < -0.39 is 29.6 Å². The SMILES string of the molecule is O=C(Nc1cc(Cl)cc(Cl)c1)[C@@H]1[C@H]2C=C[C@@]3(O2)[C@H]1C(=O)N(CCCN1CCC(Cc2ccccc2)CC1)[C@@H]3C(=O)NC1CCCCC1. The van der Waals surface area contributed by atoms with Crippen LogP contribution in [0.5, 0.6) is 0 Å². The highest BCUT2D eigenvalue weighted by atomic mass is 35.5. The third-order valence-electron chi connectivity index (χ3n) is 11.0. The average molecular weight is 680 g/mol. The number of amides is 3. The molecule has 4 aliphatic heterocycles. The van der Waals surface area contributed by atoms with Gasteiger partial charge in [0, 0.05) is 28.3 Å². The van der Waals surface area contributed by atoms with Gasteiger partial charge in [0.15, 0.2) is 0 Å². The minimum absolute atomic E-state index is 0.0927. The molecule has 1 saturated carbocycles. The lowest BCUT2D eigenvalue weighted by molar-refractivity contribution is -0.141. The van der Waals surface area contributed by atoms with Crippen molar-refractivity contribution in [3.63, 3.8) is 0 Å². The third kappa shape index (κ3) is 6.71. The molecule has 0 aromatic heterocycles. The molecule has 2 aromatic carbocycles. The summed E-state index contributed by atoms with van der Waals surface area (Å²) < 4.78 is 6.53. The second-order valence-electron chi connectivity index (χ2n) is 14.1. The Morgan fingerprint density at radius 1 is 0.915 bits per heavy atom. The Morgan fingerprint density at radius 2 is 1.64 bits per heavy atom. The Hall–Kier alpha value is -2.91. The Morgan fingerprint density at radius 3 is 2.36 bits per heavy atom. The maximum atomic E-state index is 14.3. The van der Waals surface area contributed by atoms with Gasteiger partial charge in [0.25, 0.3) is 0 Å². The molecule has 47 heavy (non-hydrogen) atoms. The standard InChI is InChI=1S/C37H44Cl2N4O4/c38-26-21-27(39)23-29(22-26)41-34(44)31-30-12-15-37(47-30)32(31)36(46)43(33(37)35(45)40-28-10-5-2-6-11-28)17-7-16-42-18-13-25(14-19-42)20-24-8-3-1-4-9-24/h1,3-4,8-9,12,15,21-23,25,28,30-33H,2,5-7,10-11,13-14,16-20H2,(H,40,45)(H,41,44)/t30-,31-,32-,33-,37-/m1/s1. The Bertz CT molecular complexity index is 1490. The van der Waals surface area contributed by atoms with Crippen molar-refractivity contribution in [2.75, 3.05) is 31.5 Å². The molecule has 0 radical (unpaired) electrons. The molecule has 10 heteroatoms. The van der Waals surface area contributed by atoms with Crippen molar-refractivity contribution in [3.8, 4) is 0 Å². The van der Waals surface area contributed by atoms with Crippen LogP contribution in [0.4, 0.5) is 5.69 Å². The summed E-state index contributed by atoms with van der Waals surface area (Å²) in [7, 11) is 0. The Balaban J connectivity index is 1.04. The van der Waals surface area contributed by atoms with E-state index in [9.17, 15) is 14.4 Å². The summed E-state index contributed by atoms with van der Waals surface area (Å²) in [5, 5.41) is 6.98. The van der Waals surface area contributed by atoms with Gasteiger partial charge in [-0.05, 0) is 87.8 Å². The monoisotopic (exact) mass is 678 g/mol. The zero-order chi connectivity index (χ0) is 32.5. The topological polar surface area (TPSA) is 91.0 Å². The number of nitrogens with one attached hydrogen (secondary N) is 2. The van der Waals surface area contributed by atoms with Gasteiger partial charge in [-0.15, -0.1) is 0 Å². The highest BCUT2D eigenvalue weighted by Gasteiger charge is 2.72. The molecule has 2 aromatic rings. The van der Waals surface area contributed by atoms with Crippen molar-refractivity contribution in [2.24, 2.45) is 17.8 Å². The van der Waals surface area contributed by atoms with Gasteiger partial charge < -0.3 is 25.2 Å². The molecule has 4 heterocycles. The summed E-state index contributed by atoms with van der Waals surface area (Å²) in [6.07, 6.45) is 12.5. The number of fused-ring (bicyclic) bond motifs is 1. The third-order valence-corrected chi connectivity index (χ3v) is 11.4. The molecule has 3 amide bonds. The van der Waals surface area contributed by atoms with Gasteiger partial charge in [0.1, 0.15) is 11.6 Å². The molecule has 1 aliphatic carbocycles. The van der Waals surface area contributed by atoms with Crippen LogP contribution in [0, 0.1) is 17.8 Å². The van der Waals surface area contributed by atoms with Crippen LogP contribution in [0.25, 0.3) is 0 Å². The van der Waals surface area contributed by atoms with Gasteiger partial charge in [-0.2, -0.15) is 0 Å². The van der Waals surface area contributed by atoms with Crippen molar-refractivity contribution < 1.29 is 19.1 Å². The minimum Gasteiger partial charge on any atom is -0.359 e. The molecule has 2 N–H and O–H groups in total. The fourth-order valence-electron chi connectivity index (χ4n) is 8.71. The summed E-state index contributed by atoms with van der Waals surface area (Å²) >= 11 is 12.4. The van der Waals surface area contributed by atoms with Crippen molar-refractivity contribution in [3.05, 3.63) is 76.3 Å². The summed E-state index contributed by atoms with van der Waals surface area (Å²) in [6, 6.07) is 14.8. The van der Waals surface area contributed by atoms with Crippen molar-refractivity contribution in [1.82, 2.24) is 15.1 Å². The second kappa shape index (κ2) is 13.9. The van der Waals surface area contributed by atoms with Crippen LogP contribution in [-0.4, -0.2) is 77.5 Å². The maximum absolute atomic E-state index is 14.3. The van der Waals surface area contributed by atoms with E-state index in [4.69, 9.17) is 27.9 Å². The molecule has 1 spiro atoms. The number of carbonyl (C=O) groups is 3. The van der Waals surface area contributed by atoms with E-state index in [1.807, 2.05) is 12.2 Å². The number of hydrogen-bond donors (Lipinski definition) is 2. The Labute approximate surface area is 287 Å². The lowest BCUT2D eigenvalue weighted by Gasteiger charge is -2.35. The zero-order valence-corrected chi connectivity index (χ0v) is 28.2. The predicted molar refractivity (Wildman–Crippen MR) is 183 cm³/mol. The molecule has 250 valence electrons. The van der Waals surface area contributed by atoms with Crippen LogP contribution >= 0.6 is 23.2 Å². The fourth-order valence-corrected chi connectivity index (χ4v) is 9.24. The van der Waals surface area contributed by atoms with E-state index in [2.05, 4.69) is 45.9 Å². The first-order chi connectivity index (χ1) is 22.8. The molecule has 0 unspecified atom stereocenters. The molecule has 8 nitrogen and oxygen atoms in total. The molecule has 5 aliphatic rings. The molecule has 7 rings (SSSR count). The molecule has 2 bridgehead atoms. The van der Waals surface area contributed by atoms with Gasteiger partial charge in [-0.1, -0.05) is 84.9 Å². The van der Waals surface area contributed by atoms with Gasteiger partial charge in [-0.3, -0.25) is 14.4 Å². The number of likely N-dealkylation sites (tertiary alicyclic amines) is 2. The summed E-state index contributed by atoms with van der Waals surface area (Å²) in [4.78, 5) is 46.5. The number of hydrogen-bond acceptors (Lipinski definition) is 5. The molecular weight excluding hydrogens is 635 g/mol. The normalized spacial score (nSPS) is 29.3. The first-order valence-electron chi connectivity index (χ1n) is 17.3. The molecular formula is C37H44Cl2N4O4. The van der Waals surface area contributed by atoms with E-state index in [1.165, 1.54) is 12.0 Å². The van der Waals surface area contributed by atoms with E-state index >= 15 is 0 Å². The molecule has 5 atom stereocenters.